The molecule has 1 heterocycles. The number of carbonyl (C=O) groups excluding carboxylic acids is 1. The maximum Gasteiger partial charge on any atom is 0.264 e. The summed E-state index contributed by atoms with van der Waals surface area (Å²) in [6, 6.07) is 16.6. The van der Waals surface area contributed by atoms with Crippen LogP contribution in [-0.2, 0) is 11.3 Å². The predicted octanol–water partition coefficient (Wildman–Crippen LogP) is 3.15. The van der Waals surface area contributed by atoms with E-state index in [9.17, 15) is 9.90 Å². The van der Waals surface area contributed by atoms with Crippen LogP contribution in [0.15, 0.2) is 64.5 Å². The molecule has 1 saturated heterocycles. The molecule has 1 fully saturated rings. The number of nitrogens with one attached hydrogen (secondary N) is 1. The molecule has 0 saturated carbocycles. The number of nitrogens with zero attached hydrogens (tertiary/aromatic N) is 1. The van der Waals surface area contributed by atoms with Crippen molar-refractivity contribution in [3.05, 3.63) is 70.6 Å². The Morgan fingerprint density at radius 2 is 1.95 bits per heavy atom. The van der Waals surface area contributed by atoms with Crippen LogP contribution in [0.2, 0.25) is 0 Å². The Balaban J connectivity index is 1.73. The summed E-state index contributed by atoms with van der Waals surface area (Å²) in [5.74, 6) is 0.0101. The molecule has 0 aromatic heterocycles. The SMILES string of the molecule is O=C1NC(=NCc2ccccc2)SC1=Cc1cccc(O)c1. The van der Waals surface area contributed by atoms with Gasteiger partial charge in [0.05, 0.1) is 11.4 Å². The molecule has 1 aliphatic rings. The van der Waals surface area contributed by atoms with Crippen LogP contribution < -0.4 is 5.32 Å². The molecule has 1 amide bonds. The normalized spacial score (nSPS) is 17.9. The number of hydrogen-bond acceptors (Lipinski definition) is 4. The Morgan fingerprint density at radius 3 is 2.73 bits per heavy atom. The van der Waals surface area contributed by atoms with E-state index in [4.69, 9.17) is 0 Å². The summed E-state index contributed by atoms with van der Waals surface area (Å²) in [5, 5.41) is 12.8. The van der Waals surface area contributed by atoms with Gasteiger partial charge in [0.1, 0.15) is 5.75 Å². The number of phenolic OH excluding ortho intramolecular Hbond substituents is 1. The fraction of sp³-hybridized carbons (Fsp3) is 0.0588. The molecule has 0 aliphatic carbocycles. The number of rotatable bonds is 3. The molecular weight excluding hydrogens is 296 g/mol. The summed E-state index contributed by atoms with van der Waals surface area (Å²) in [6.45, 7) is 0.531. The second-order valence-corrected chi connectivity index (χ2v) is 5.80. The van der Waals surface area contributed by atoms with Gasteiger partial charge in [-0.1, -0.05) is 42.5 Å². The van der Waals surface area contributed by atoms with Crippen LogP contribution >= 0.6 is 11.8 Å². The van der Waals surface area contributed by atoms with E-state index in [1.54, 1.807) is 24.3 Å². The molecule has 2 aromatic carbocycles. The maximum atomic E-state index is 11.9. The fourth-order valence-corrected chi connectivity index (χ4v) is 2.83. The van der Waals surface area contributed by atoms with Crippen molar-refractivity contribution in [2.75, 3.05) is 0 Å². The van der Waals surface area contributed by atoms with Gasteiger partial charge >= 0.3 is 0 Å². The van der Waals surface area contributed by atoms with Gasteiger partial charge in [0.15, 0.2) is 5.17 Å². The molecule has 1 aliphatic heterocycles. The third-order valence-corrected chi connectivity index (χ3v) is 4.01. The lowest BCUT2D eigenvalue weighted by Gasteiger charge is -1.97. The lowest BCUT2D eigenvalue weighted by Crippen LogP contribution is -2.19. The second-order valence-electron chi connectivity index (χ2n) is 4.77. The van der Waals surface area contributed by atoms with Crippen LogP contribution in [0.1, 0.15) is 11.1 Å². The minimum absolute atomic E-state index is 0.167. The highest BCUT2D eigenvalue weighted by atomic mass is 32.2. The van der Waals surface area contributed by atoms with Gasteiger partial charge in [-0.05, 0) is 41.1 Å². The molecule has 4 nitrogen and oxygen atoms in total. The minimum atomic E-state index is -0.167. The van der Waals surface area contributed by atoms with Crippen LogP contribution in [0, 0.1) is 0 Å². The first-order valence-corrected chi connectivity index (χ1v) is 7.61. The summed E-state index contributed by atoms with van der Waals surface area (Å²) in [4.78, 5) is 16.9. The number of aromatic hydroxyl groups is 1. The number of benzene rings is 2. The average Bonchev–Trinajstić information content (AvgIpc) is 2.86. The highest BCUT2D eigenvalue weighted by Gasteiger charge is 2.23. The molecule has 2 aromatic rings. The summed E-state index contributed by atoms with van der Waals surface area (Å²) in [5.41, 5.74) is 1.87. The second kappa shape index (κ2) is 6.49. The first kappa shape index (κ1) is 14.4. The van der Waals surface area contributed by atoms with Gasteiger partial charge in [-0.15, -0.1) is 0 Å². The number of amidine groups is 1. The molecule has 0 unspecified atom stereocenters. The number of thioether (sulfide) groups is 1. The highest BCUT2D eigenvalue weighted by Crippen LogP contribution is 2.27. The van der Waals surface area contributed by atoms with Gasteiger partial charge in [0.25, 0.3) is 5.91 Å². The molecule has 3 rings (SSSR count). The van der Waals surface area contributed by atoms with E-state index in [-0.39, 0.29) is 11.7 Å². The number of phenols is 1. The molecule has 0 radical (unpaired) electrons. The Morgan fingerprint density at radius 1 is 1.14 bits per heavy atom. The topological polar surface area (TPSA) is 61.7 Å². The zero-order valence-electron chi connectivity index (χ0n) is 11.7. The maximum absolute atomic E-state index is 11.9. The number of hydrogen-bond donors (Lipinski definition) is 2. The van der Waals surface area contributed by atoms with Gasteiger partial charge in [0, 0.05) is 0 Å². The van der Waals surface area contributed by atoms with Crippen molar-refractivity contribution >= 4 is 28.9 Å². The van der Waals surface area contributed by atoms with E-state index in [0.29, 0.717) is 16.6 Å². The van der Waals surface area contributed by atoms with Crippen LogP contribution in [0.4, 0.5) is 0 Å². The van der Waals surface area contributed by atoms with E-state index in [1.165, 1.54) is 11.8 Å². The third kappa shape index (κ3) is 3.56. The van der Waals surface area contributed by atoms with Crippen LogP contribution in [0.5, 0.6) is 5.75 Å². The van der Waals surface area contributed by atoms with Crippen molar-refractivity contribution in [1.82, 2.24) is 5.32 Å². The van der Waals surface area contributed by atoms with Gasteiger partial charge in [-0.2, -0.15) is 0 Å². The first-order valence-electron chi connectivity index (χ1n) is 6.79. The monoisotopic (exact) mass is 310 g/mol. The van der Waals surface area contributed by atoms with Gasteiger partial charge in [0.2, 0.25) is 0 Å². The largest absolute Gasteiger partial charge is 0.508 e. The molecule has 0 bridgehead atoms. The standard InChI is InChI=1S/C17H14N2O2S/c20-14-8-4-7-13(9-14)10-15-16(21)19-17(22-15)18-11-12-5-2-1-3-6-12/h1-10,20H,11H2,(H,18,19,21). The lowest BCUT2D eigenvalue weighted by molar-refractivity contribution is -0.115. The molecule has 5 heteroatoms. The van der Waals surface area contributed by atoms with Crippen molar-refractivity contribution in [2.45, 2.75) is 6.54 Å². The van der Waals surface area contributed by atoms with Crippen molar-refractivity contribution in [1.29, 1.82) is 0 Å². The van der Waals surface area contributed by atoms with Crippen molar-refractivity contribution in [2.24, 2.45) is 4.99 Å². The first-order chi connectivity index (χ1) is 10.7. The van der Waals surface area contributed by atoms with E-state index in [0.717, 1.165) is 11.1 Å². The van der Waals surface area contributed by atoms with Gasteiger partial charge < -0.3 is 10.4 Å². The summed E-state index contributed by atoms with van der Waals surface area (Å²) >= 11 is 1.31. The van der Waals surface area contributed by atoms with Crippen LogP contribution in [0.25, 0.3) is 6.08 Å². The van der Waals surface area contributed by atoms with Crippen LogP contribution in [0.3, 0.4) is 0 Å². The zero-order valence-corrected chi connectivity index (χ0v) is 12.5. The molecule has 110 valence electrons. The fourth-order valence-electron chi connectivity index (χ4n) is 2.01. The highest BCUT2D eigenvalue weighted by molar-refractivity contribution is 8.18. The molecule has 2 N–H and O–H groups in total. The van der Waals surface area contributed by atoms with E-state index >= 15 is 0 Å². The summed E-state index contributed by atoms with van der Waals surface area (Å²) < 4.78 is 0. The Bertz CT molecular complexity index is 754. The summed E-state index contributed by atoms with van der Waals surface area (Å²) in [7, 11) is 0. The molecule has 22 heavy (non-hydrogen) atoms. The number of aliphatic imine (C=N–C) groups is 1. The zero-order chi connectivity index (χ0) is 15.4. The smallest absolute Gasteiger partial charge is 0.264 e. The molecular formula is C17H14N2O2S. The third-order valence-electron chi connectivity index (χ3n) is 3.07. The Kier molecular flexibility index (Phi) is 4.25. The van der Waals surface area contributed by atoms with Crippen molar-refractivity contribution in [3.8, 4) is 5.75 Å². The Hall–Kier alpha value is -2.53. The van der Waals surface area contributed by atoms with E-state index in [2.05, 4.69) is 10.3 Å². The lowest BCUT2D eigenvalue weighted by atomic mass is 10.2. The number of amides is 1. The molecule has 0 spiro atoms. The van der Waals surface area contributed by atoms with Gasteiger partial charge in [-0.25, -0.2) is 0 Å². The van der Waals surface area contributed by atoms with Crippen molar-refractivity contribution < 1.29 is 9.90 Å². The predicted molar refractivity (Wildman–Crippen MR) is 89.4 cm³/mol. The summed E-state index contributed by atoms with van der Waals surface area (Å²) in [6.07, 6.45) is 1.74. The molecule has 0 atom stereocenters. The van der Waals surface area contributed by atoms with E-state index in [1.807, 2.05) is 36.4 Å². The van der Waals surface area contributed by atoms with Crippen molar-refractivity contribution in [3.63, 3.8) is 0 Å². The van der Waals surface area contributed by atoms with E-state index < -0.39 is 0 Å². The van der Waals surface area contributed by atoms with Gasteiger partial charge in [-0.3, -0.25) is 9.79 Å². The quantitative estimate of drug-likeness (QED) is 0.856. The van der Waals surface area contributed by atoms with Crippen LogP contribution in [-0.4, -0.2) is 16.2 Å². The average molecular weight is 310 g/mol. The minimum Gasteiger partial charge on any atom is -0.508 e. The number of carbonyl (C=O) groups is 1. The Labute approximate surface area is 132 Å².